The Hall–Kier alpha value is -0.780. The smallest absolute Gasteiger partial charge is 0.388 e. The van der Waals surface area contributed by atoms with Gasteiger partial charge in [0.25, 0.3) is 0 Å². The van der Waals surface area contributed by atoms with E-state index in [0.717, 1.165) is 0 Å². The Bertz CT molecular complexity index is 170. The zero-order valence-electron chi connectivity index (χ0n) is 7.86. The van der Waals surface area contributed by atoms with Crippen LogP contribution in [0.2, 0.25) is 0 Å². The Labute approximate surface area is 80.9 Å². The summed E-state index contributed by atoms with van der Waals surface area (Å²) in [5.74, 6) is 0.0975. The average molecular weight is 212 g/mol. The van der Waals surface area contributed by atoms with Gasteiger partial charge in [0.1, 0.15) is 0 Å². The predicted molar refractivity (Wildman–Crippen MR) is 47.3 cm³/mol. The summed E-state index contributed by atoms with van der Waals surface area (Å²) in [6.45, 7) is 0.00688. The van der Waals surface area contributed by atoms with Crippen LogP contribution in [0.4, 0.5) is 13.2 Å². The average Bonchev–Trinajstić information content (AvgIpc) is 2.00. The molecule has 0 aliphatic heterocycles. The molecule has 84 valence electrons. The van der Waals surface area contributed by atoms with E-state index in [1.807, 2.05) is 0 Å². The molecule has 14 heavy (non-hydrogen) atoms. The number of ether oxygens (including phenoxy) is 1. The monoisotopic (exact) mass is 212 g/mol. The first kappa shape index (κ1) is 13.2. The molecule has 0 rings (SSSR count). The van der Waals surface area contributed by atoms with E-state index in [0.29, 0.717) is 25.9 Å². The summed E-state index contributed by atoms with van der Waals surface area (Å²) in [6.07, 6.45) is -3.25. The van der Waals surface area contributed by atoms with Gasteiger partial charge in [0.15, 0.2) is 0 Å². The number of nitrogens with one attached hydrogen (secondary N) is 1. The van der Waals surface area contributed by atoms with Gasteiger partial charge >= 0.3 is 6.18 Å². The molecule has 0 heterocycles. The van der Waals surface area contributed by atoms with Gasteiger partial charge in [0, 0.05) is 13.0 Å². The summed E-state index contributed by atoms with van der Waals surface area (Å²) in [6, 6.07) is 0. The van der Waals surface area contributed by atoms with Crippen molar-refractivity contribution in [3.05, 3.63) is 0 Å². The van der Waals surface area contributed by atoms with Crippen LogP contribution in [-0.2, 0) is 4.74 Å². The second-order valence-corrected chi connectivity index (χ2v) is 2.96. The Kier molecular flexibility index (Phi) is 6.27. The van der Waals surface area contributed by atoms with E-state index in [9.17, 15) is 13.2 Å². The van der Waals surface area contributed by atoms with Gasteiger partial charge in [0.2, 0.25) is 0 Å². The van der Waals surface area contributed by atoms with E-state index >= 15 is 0 Å². The van der Waals surface area contributed by atoms with Crippen molar-refractivity contribution in [2.75, 3.05) is 13.2 Å². The number of hydrogen-bond donors (Lipinski definition) is 2. The molecule has 0 aliphatic carbocycles. The van der Waals surface area contributed by atoms with Crippen molar-refractivity contribution < 1.29 is 17.9 Å². The molecule has 0 saturated heterocycles. The maximum Gasteiger partial charge on any atom is 0.391 e. The number of rotatable bonds is 7. The van der Waals surface area contributed by atoms with Crippen molar-refractivity contribution in [3.8, 4) is 0 Å². The molecule has 0 saturated carbocycles. The Morgan fingerprint density at radius 2 is 1.86 bits per heavy atom. The third-order valence-corrected chi connectivity index (χ3v) is 1.51. The fraction of sp³-hybridized carbons (Fsp3) is 0.875. The van der Waals surface area contributed by atoms with Gasteiger partial charge in [-0.3, -0.25) is 5.41 Å². The maximum absolute atomic E-state index is 11.6. The van der Waals surface area contributed by atoms with Gasteiger partial charge in [-0.2, -0.15) is 13.2 Å². The van der Waals surface area contributed by atoms with Gasteiger partial charge in [-0.1, -0.05) is 0 Å². The summed E-state index contributed by atoms with van der Waals surface area (Å²) in [7, 11) is 0. The molecule has 0 spiro atoms. The molecule has 0 amide bonds. The highest BCUT2D eigenvalue weighted by Crippen LogP contribution is 2.18. The minimum absolute atomic E-state index is 0.0975. The minimum Gasteiger partial charge on any atom is -0.388 e. The second kappa shape index (κ2) is 6.64. The van der Waals surface area contributed by atoms with E-state index in [1.165, 1.54) is 0 Å². The van der Waals surface area contributed by atoms with Crippen LogP contribution in [0.25, 0.3) is 0 Å². The van der Waals surface area contributed by atoms with Crippen LogP contribution in [0.3, 0.4) is 0 Å². The molecule has 0 aromatic heterocycles. The van der Waals surface area contributed by atoms with E-state index in [4.69, 9.17) is 15.9 Å². The van der Waals surface area contributed by atoms with Gasteiger partial charge in [-0.15, -0.1) is 0 Å². The lowest BCUT2D eigenvalue weighted by atomic mass is 10.2. The van der Waals surface area contributed by atoms with Crippen LogP contribution in [0.1, 0.15) is 25.7 Å². The van der Waals surface area contributed by atoms with Gasteiger partial charge in [-0.05, 0) is 12.8 Å². The van der Waals surface area contributed by atoms with Crippen LogP contribution in [0, 0.1) is 5.41 Å². The van der Waals surface area contributed by atoms with Crippen molar-refractivity contribution in [3.63, 3.8) is 0 Å². The summed E-state index contributed by atoms with van der Waals surface area (Å²) in [5.41, 5.74) is 5.08. The van der Waals surface area contributed by atoms with Crippen molar-refractivity contribution in [1.82, 2.24) is 0 Å². The zero-order valence-corrected chi connectivity index (χ0v) is 7.86. The Morgan fingerprint density at radius 3 is 2.36 bits per heavy atom. The molecule has 3 N–H and O–H groups in total. The van der Waals surface area contributed by atoms with Gasteiger partial charge < -0.3 is 10.5 Å². The lowest BCUT2D eigenvalue weighted by Crippen LogP contribution is -2.12. The van der Waals surface area contributed by atoms with E-state index < -0.39 is 12.6 Å². The largest absolute Gasteiger partial charge is 0.391 e. The van der Waals surface area contributed by atoms with Crippen molar-refractivity contribution >= 4 is 5.84 Å². The Balaban J connectivity index is 3.11. The standard InChI is InChI=1S/C8H15F3N2O/c9-8(10,11)4-6-14-5-2-1-3-7(12)13/h1-6H2,(H3,12,13). The number of hydrogen-bond acceptors (Lipinski definition) is 2. The highest BCUT2D eigenvalue weighted by molar-refractivity contribution is 5.76. The van der Waals surface area contributed by atoms with E-state index in [-0.39, 0.29) is 12.4 Å². The van der Waals surface area contributed by atoms with Crippen molar-refractivity contribution in [1.29, 1.82) is 5.41 Å². The molecule has 0 bridgehead atoms. The molecule has 0 unspecified atom stereocenters. The predicted octanol–water partition coefficient (Wildman–Crippen LogP) is 2.06. The normalized spacial score (nSPS) is 11.6. The fourth-order valence-electron chi connectivity index (χ4n) is 0.810. The molecular formula is C8H15F3N2O. The third-order valence-electron chi connectivity index (χ3n) is 1.51. The van der Waals surface area contributed by atoms with E-state index in [1.54, 1.807) is 0 Å². The fourth-order valence-corrected chi connectivity index (χ4v) is 0.810. The van der Waals surface area contributed by atoms with Crippen LogP contribution >= 0.6 is 0 Å². The molecule has 0 aliphatic rings. The molecular weight excluding hydrogens is 197 g/mol. The second-order valence-electron chi connectivity index (χ2n) is 2.96. The summed E-state index contributed by atoms with van der Waals surface area (Å²) >= 11 is 0. The molecule has 6 heteroatoms. The summed E-state index contributed by atoms with van der Waals surface area (Å²) in [4.78, 5) is 0. The molecule has 0 fully saturated rings. The number of amidine groups is 1. The maximum atomic E-state index is 11.6. The lowest BCUT2D eigenvalue weighted by molar-refractivity contribution is -0.145. The van der Waals surface area contributed by atoms with Crippen LogP contribution in [0.15, 0.2) is 0 Å². The summed E-state index contributed by atoms with van der Waals surface area (Å²) in [5, 5.41) is 6.88. The number of halogens is 3. The highest BCUT2D eigenvalue weighted by Gasteiger charge is 2.26. The summed E-state index contributed by atoms with van der Waals surface area (Å²) < 4.78 is 39.6. The molecule has 0 aromatic carbocycles. The van der Waals surface area contributed by atoms with E-state index in [2.05, 4.69) is 0 Å². The third kappa shape index (κ3) is 11.2. The van der Waals surface area contributed by atoms with Crippen LogP contribution in [-0.4, -0.2) is 25.2 Å². The highest BCUT2D eigenvalue weighted by atomic mass is 19.4. The Morgan fingerprint density at radius 1 is 1.21 bits per heavy atom. The number of nitrogens with two attached hydrogens (primary N) is 1. The SMILES string of the molecule is N=C(N)CCCCOCCC(F)(F)F. The first-order valence-electron chi connectivity index (χ1n) is 4.39. The molecule has 0 aromatic rings. The molecule has 0 atom stereocenters. The van der Waals surface area contributed by atoms with Gasteiger partial charge in [-0.25, -0.2) is 0 Å². The quantitative estimate of drug-likeness (QED) is 0.385. The first-order valence-corrected chi connectivity index (χ1v) is 4.39. The number of unbranched alkanes of at least 4 members (excludes halogenated alkanes) is 1. The number of alkyl halides is 3. The lowest BCUT2D eigenvalue weighted by Gasteiger charge is -2.06. The first-order chi connectivity index (χ1) is 6.42. The zero-order chi connectivity index (χ0) is 11.0. The van der Waals surface area contributed by atoms with Gasteiger partial charge in [0.05, 0.1) is 18.9 Å². The topological polar surface area (TPSA) is 59.1 Å². The van der Waals surface area contributed by atoms with Crippen LogP contribution < -0.4 is 5.73 Å². The van der Waals surface area contributed by atoms with Crippen molar-refractivity contribution in [2.24, 2.45) is 5.73 Å². The molecule has 0 radical (unpaired) electrons. The van der Waals surface area contributed by atoms with Crippen LogP contribution in [0.5, 0.6) is 0 Å². The molecule has 3 nitrogen and oxygen atoms in total. The van der Waals surface area contributed by atoms with Crippen molar-refractivity contribution in [2.45, 2.75) is 31.9 Å². The minimum atomic E-state index is -4.14.